The summed E-state index contributed by atoms with van der Waals surface area (Å²) in [5, 5.41) is 0. The first-order valence-electron chi connectivity index (χ1n) is 10.2. The average Bonchev–Trinajstić information content (AvgIpc) is 3.33. The lowest BCUT2D eigenvalue weighted by Gasteiger charge is -2.29. The second kappa shape index (κ2) is 7.95. The van der Waals surface area contributed by atoms with Gasteiger partial charge in [0.05, 0.1) is 4.87 Å². The van der Waals surface area contributed by atoms with Crippen LogP contribution in [0, 0.1) is 13.8 Å². The van der Waals surface area contributed by atoms with E-state index in [9.17, 15) is 14.4 Å². The molecule has 2 aliphatic rings. The Bertz CT molecular complexity index is 1000. The predicted molar refractivity (Wildman–Crippen MR) is 115 cm³/mol. The molecule has 3 heterocycles. The fourth-order valence-corrected chi connectivity index (χ4v) is 5.82. The van der Waals surface area contributed by atoms with Gasteiger partial charge in [0.15, 0.2) is 6.61 Å². The molecule has 2 aliphatic heterocycles. The highest BCUT2D eigenvalue weighted by Crippen LogP contribution is 2.47. The Labute approximate surface area is 180 Å². The smallest absolute Gasteiger partial charge is 0.330 e. The molecule has 1 aromatic heterocycles. The molecule has 2 atom stereocenters. The highest BCUT2D eigenvalue weighted by atomic mass is 32.2. The summed E-state index contributed by atoms with van der Waals surface area (Å²) in [5.74, 6) is -0.217. The summed E-state index contributed by atoms with van der Waals surface area (Å²) >= 11 is 1.61. The SMILES string of the molecule is Cc1cc(C(=O)COC(=O)[C@@H]2CS[C@@]3(C)CCC(=O)N23)c(C)n1Cc1ccccc1. The number of ether oxygens (including phenoxy) is 1. The zero-order valence-electron chi connectivity index (χ0n) is 17.5. The van der Waals surface area contributed by atoms with Gasteiger partial charge in [0.1, 0.15) is 6.04 Å². The molecular weight excluding hydrogens is 400 g/mol. The summed E-state index contributed by atoms with van der Waals surface area (Å²) in [6.07, 6.45) is 1.20. The normalized spacial score (nSPS) is 23.0. The first kappa shape index (κ1) is 20.7. The van der Waals surface area contributed by atoms with E-state index in [2.05, 4.69) is 16.7 Å². The van der Waals surface area contributed by atoms with Crippen molar-refractivity contribution in [3.8, 4) is 0 Å². The van der Waals surface area contributed by atoms with Gasteiger partial charge in [-0.05, 0) is 38.8 Å². The molecular formula is C23H26N2O4S. The van der Waals surface area contributed by atoms with Crippen molar-refractivity contribution in [3.05, 3.63) is 58.9 Å². The van der Waals surface area contributed by atoms with Crippen molar-refractivity contribution < 1.29 is 19.1 Å². The van der Waals surface area contributed by atoms with Crippen LogP contribution in [0.25, 0.3) is 0 Å². The number of hydrogen-bond donors (Lipinski definition) is 0. The van der Waals surface area contributed by atoms with Gasteiger partial charge in [0.2, 0.25) is 11.7 Å². The number of Topliss-reactive ketones (excluding diaryl/α,β-unsaturated/α-hetero) is 1. The molecule has 1 aromatic carbocycles. The first-order valence-corrected chi connectivity index (χ1v) is 11.2. The Morgan fingerprint density at radius 3 is 2.70 bits per heavy atom. The molecule has 2 fully saturated rings. The minimum Gasteiger partial charge on any atom is -0.456 e. The number of amides is 1. The number of aryl methyl sites for hydroxylation is 1. The van der Waals surface area contributed by atoms with E-state index in [1.807, 2.05) is 45.0 Å². The maximum absolute atomic E-state index is 12.8. The van der Waals surface area contributed by atoms with Crippen molar-refractivity contribution >= 4 is 29.4 Å². The third-order valence-electron chi connectivity index (χ3n) is 6.12. The van der Waals surface area contributed by atoms with Crippen molar-refractivity contribution in [2.75, 3.05) is 12.4 Å². The van der Waals surface area contributed by atoms with Gasteiger partial charge in [0.25, 0.3) is 0 Å². The summed E-state index contributed by atoms with van der Waals surface area (Å²) in [5.41, 5.74) is 3.56. The Kier molecular flexibility index (Phi) is 5.49. The van der Waals surface area contributed by atoms with E-state index in [4.69, 9.17) is 4.74 Å². The van der Waals surface area contributed by atoms with Crippen molar-refractivity contribution in [2.24, 2.45) is 0 Å². The van der Waals surface area contributed by atoms with Gasteiger partial charge in [-0.1, -0.05) is 30.3 Å². The molecule has 0 bridgehead atoms. The van der Waals surface area contributed by atoms with Crippen LogP contribution in [0.4, 0.5) is 0 Å². The van der Waals surface area contributed by atoms with Crippen molar-refractivity contribution in [2.45, 2.75) is 51.1 Å². The van der Waals surface area contributed by atoms with Crippen LogP contribution in [0.2, 0.25) is 0 Å². The fraction of sp³-hybridized carbons (Fsp3) is 0.435. The van der Waals surface area contributed by atoms with Crippen LogP contribution in [-0.2, 0) is 20.9 Å². The van der Waals surface area contributed by atoms with E-state index in [0.717, 1.165) is 23.4 Å². The van der Waals surface area contributed by atoms with Crippen LogP contribution in [0.15, 0.2) is 36.4 Å². The van der Waals surface area contributed by atoms with Gasteiger partial charge < -0.3 is 14.2 Å². The first-order chi connectivity index (χ1) is 14.3. The highest BCUT2D eigenvalue weighted by molar-refractivity contribution is 8.01. The zero-order valence-corrected chi connectivity index (χ0v) is 18.3. The molecule has 30 heavy (non-hydrogen) atoms. The van der Waals surface area contributed by atoms with E-state index in [1.165, 1.54) is 0 Å². The molecule has 0 unspecified atom stereocenters. The average molecular weight is 427 g/mol. The lowest BCUT2D eigenvalue weighted by molar-refractivity contribution is -0.152. The molecule has 6 nitrogen and oxygen atoms in total. The Morgan fingerprint density at radius 1 is 1.23 bits per heavy atom. The maximum Gasteiger partial charge on any atom is 0.330 e. The molecule has 2 aromatic rings. The van der Waals surface area contributed by atoms with E-state index >= 15 is 0 Å². The second-order valence-electron chi connectivity index (χ2n) is 8.15. The van der Waals surface area contributed by atoms with E-state index < -0.39 is 12.0 Å². The van der Waals surface area contributed by atoms with E-state index in [1.54, 1.807) is 16.7 Å². The van der Waals surface area contributed by atoms with Crippen LogP contribution in [0.1, 0.15) is 47.1 Å². The van der Waals surface area contributed by atoms with Crippen LogP contribution in [-0.4, -0.2) is 50.4 Å². The Hall–Kier alpha value is -2.54. The molecule has 0 aliphatic carbocycles. The van der Waals surface area contributed by atoms with E-state index in [-0.39, 0.29) is 23.2 Å². The molecule has 1 amide bonds. The second-order valence-corrected chi connectivity index (χ2v) is 9.65. The number of benzene rings is 1. The number of hydrogen-bond acceptors (Lipinski definition) is 5. The standard InChI is InChI=1S/C23H26N2O4S/c1-15-11-18(16(2)24(15)12-17-7-5-4-6-8-17)20(26)13-29-22(28)19-14-30-23(3)10-9-21(27)25(19)23/h4-8,11,19H,9-10,12-14H2,1-3H3/t19-,23-/m0/s1. The third-order valence-corrected chi connectivity index (χ3v) is 7.63. The van der Waals surface area contributed by atoms with Gasteiger partial charge >= 0.3 is 5.97 Å². The molecule has 0 radical (unpaired) electrons. The number of thioether (sulfide) groups is 1. The van der Waals surface area contributed by atoms with Crippen LogP contribution in [0.3, 0.4) is 0 Å². The van der Waals surface area contributed by atoms with Gasteiger partial charge in [-0.3, -0.25) is 9.59 Å². The molecule has 158 valence electrons. The number of aromatic nitrogens is 1. The Balaban J connectivity index is 1.42. The summed E-state index contributed by atoms with van der Waals surface area (Å²) in [6, 6.07) is 11.3. The Morgan fingerprint density at radius 2 is 1.97 bits per heavy atom. The van der Waals surface area contributed by atoms with Crippen LogP contribution < -0.4 is 0 Å². The minimum atomic E-state index is -0.603. The maximum atomic E-state index is 12.8. The molecule has 0 N–H and O–H groups in total. The third kappa shape index (κ3) is 3.67. The molecule has 0 saturated carbocycles. The lowest BCUT2D eigenvalue weighted by Crippen LogP contribution is -2.46. The quantitative estimate of drug-likeness (QED) is 0.524. The minimum absolute atomic E-state index is 0.0137. The topological polar surface area (TPSA) is 68.6 Å². The monoisotopic (exact) mass is 426 g/mol. The number of ketones is 1. The summed E-state index contributed by atoms with van der Waals surface area (Å²) in [6.45, 7) is 6.23. The number of nitrogens with zero attached hydrogens (tertiary/aromatic N) is 2. The fourth-order valence-electron chi connectivity index (χ4n) is 4.40. The summed E-state index contributed by atoms with van der Waals surface area (Å²) in [4.78, 5) is 38.9. The van der Waals surface area contributed by atoms with E-state index in [0.29, 0.717) is 24.3 Å². The van der Waals surface area contributed by atoms with Gasteiger partial charge in [-0.25, -0.2) is 4.79 Å². The molecule has 7 heteroatoms. The summed E-state index contributed by atoms with van der Waals surface area (Å²) in [7, 11) is 0. The van der Waals surface area contributed by atoms with Crippen LogP contribution in [0.5, 0.6) is 0 Å². The number of carbonyl (C=O) groups excluding carboxylic acids is 3. The number of rotatable bonds is 6. The van der Waals surface area contributed by atoms with Crippen molar-refractivity contribution in [1.82, 2.24) is 9.47 Å². The van der Waals surface area contributed by atoms with Crippen molar-refractivity contribution in [1.29, 1.82) is 0 Å². The number of esters is 1. The zero-order chi connectivity index (χ0) is 21.5. The van der Waals surface area contributed by atoms with Crippen LogP contribution >= 0.6 is 11.8 Å². The van der Waals surface area contributed by atoms with Gasteiger partial charge in [-0.2, -0.15) is 0 Å². The summed E-state index contributed by atoms with van der Waals surface area (Å²) < 4.78 is 7.45. The predicted octanol–water partition coefficient (Wildman–Crippen LogP) is 3.33. The lowest BCUT2D eigenvalue weighted by atomic mass is 10.1. The van der Waals surface area contributed by atoms with Crippen molar-refractivity contribution in [3.63, 3.8) is 0 Å². The molecule has 2 saturated heterocycles. The molecule has 0 spiro atoms. The number of carbonyl (C=O) groups is 3. The highest BCUT2D eigenvalue weighted by Gasteiger charge is 2.53. The van der Waals surface area contributed by atoms with Gasteiger partial charge in [0, 0.05) is 35.7 Å². The van der Waals surface area contributed by atoms with Gasteiger partial charge in [-0.15, -0.1) is 11.8 Å². The molecule has 4 rings (SSSR count). The largest absolute Gasteiger partial charge is 0.456 e. The number of fused-ring (bicyclic) bond motifs is 1.